The van der Waals surface area contributed by atoms with Crippen LogP contribution in [0.5, 0.6) is 0 Å². The molecule has 2 heteroatoms. The molecule has 136 valence electrons. The molecule has 0 aromatic heterocycles. The third-order valence-electron chi connectivity index (χ3n) is 6.51. The molecule has 28 heavy (non-hydrogen) atoms. The van der Waals surface area contributed by atoms with Crippen LogP contribution in [0.3, 0.4) is 0 Å². The fraction of sp³-hybridized carbons (Fsp3) is 0.0769. The van der Waals surface area contributed by atoms with Crippen molar-refractivity contribution in [1.29, 1.82) is 0 Å². The van der Waals surface area contributed by atoms with Crippen molar-refractivity contribution in [3.63, 3.8) is 0 Å². The molecule has 1 saturated heterocycles. The Bertz CT molecular complexity index is 869. The Morgan fingerprint density at radius 2 is 0.536 bits per heavy atom. The second kappa shape index (κ2) is 7.42. The van der Waals surface area contributed by atoms with Crippen LogP contribution in [0.2, 0.25) is 8.17 Å². The molecule has 1 heterocycles. The molecule has 0 N–H and O–H groups in total. The zero-order valence-electron chi connectivity index (χ0n) is 16.0. The average Bonchev–Trinajstić information content (AvgIpc) is 2.76. The van der Waals surface area contributed by atoms with Gasteiger partial charge in [0.05, 0.1) is 0 Å². The molecule has 0 saturated carbocycles. The van der Waals surface area contributed by atoms with Crippen LogP contribution >= 0.6 is 0 Å². The third kappa shape index (κ3) is 2.90. The van der Waals surface area contributed by atoms with Crippen LogP contribution < -0.4 is 17.6 Å². The maximum absolute atomic E-state index is 2.41. The van der Waals surface area contributed by atoms with E-state index in [4.69, 9.17) is 0 Å². The summed E-state index contributed by atoms with van der Waals surface area (Å²) >= 11 is -4.72. The van der Waals surface area contributed by atoms with E-state index < -0.39 is 26.5 Å². The summed E-state index contributed by atoms with van der Waals surface area (Å²) in [6.45, 7) is 0. The van der Waals surface area contributed by atoms with Crippen LogP contribution in [0.1, 0.15) is 0 Å². The van der Waals surface area contributed by atoms with Gasteiger partial charge in [-0.1, -0.05) is 0 Å². The number of hydrogen-bond donors (Lipinski definition) is 0. The monoisotopic (exact) mass is 484 g/mol. The Kier molecular flexibility index (Phi) is 4.78. The molecule has 0 amide bonds. The molecule has 0 unspecified atom stereocenters. The molecule has 0 radical (unpaired) electrons. The Morgan fingerprint density at radius 3 is 0.750 bits per heavy atom. The van der Waals surface area contributed by atoms with Gasteiger partial charge in [-0.2, -0.15) is 0 Å². The summed E-state index contributed by atoms with van der Waals surface area (Å²) in [6, 6.07) is 45.8. The van der Waals surface area contributed by atoms with E-state index >= 15 is 0 Å². The summed E-state index contributed by atoms with van der Waals surface area (Å²) in [5.74, 6) is 0. The molecule has 0 bridgehead atoms. The first-order valence-electron chi connectivity index (χ1n) is 10.1. The van der Waals surface area contributed by atoms with Crippen molar-refractivity contribution in [1.82, 2.24) is 0 Å². The van der Waals surface area contributed by atoms with Gasteiger partial charge in [0.2, 0.25) is 0 Å². The molecule has 0 aliphatic carbocycles. The fourth-order valence-corrected chi connectivity index (χ4v) is 60.2. The van der Waals surface area contributed by atoms with Crippen LogP contribution in [0.4, 0.5) is 0 Å². The molecule has 0 nitrogen and oxygen atoms in total. The van der Waals surface area contributed by atoms with Gasteiger partial charge < -0.3 is 0 Å². The van der Waals surface area contributed by atoms with Crippen LogP contribution in [-0.4, -0.2) is 26.5 Å². The van der Waals surface area contributed by atoms with E-state index in [0.717, 1.165) is 0 Å². The van der Waals surface area contributed by atoms with E-state index in [2.05, 4.69) is 121 Å². The van der Waals surface area contributed by atoms with Crippen LogP contribution in [0, 0.1) is 0 Å². The summed E-state index contributed by atoms with van der Waals surface area (Å²) in [5.41, 5.74) is 0. The van der Waals surface area contributed by atoms with Gasteiger partial charge in [-0.15, -0.1) is 0 Å². The predicted octanol–water partition coefficient (Wildman–Crippen LogP) is 3.60. The van der Waals surface area contributed by atoms with E-state index in [0.29, 0.717) is 0 Å². The molecular weight excluding hydrogens is 458 g/mol. The molecular formula is C26H24Ge2. The van der Waals surface area contributed by atoms with Crippen molar-refractivity contribution in [2.24, 2.45) is 0 Å². The average molecular weight is 482 g/mol. The molecule has 4 aromatic carbocycles. The summed E-state index contributed by atoms with van der Waals surface area (Å²) < 4.78 is 9.54. The van der Waals surface area contributed by atoms with Gasteiger partial charge in [-0.05, 0) is 0 Å². The van der Waals surface area contributed by atoms with Gasteiger partial charge in [0.25, 0.3) is 0 Å². The van der Waals surface area contributed by atoms with E-state index in [1.807, 2.05) is 0 Å². The summed E-state index contributed by atoms with van der Waals surface area (Å²) in [7, 11) is 0. The van der Waals surface area contributed by atoms with Gasteiger partial charge in [0, 0.05) is 0 Å². The first kappa shape index (κ1) is 18.0. The summed E-state index contributed by atoms with van der Waals surface area (Å²) in [5, 5.41) is 0. The number of rotatable bonds is 4. The van der Waals surface area contributed by atoms with Crippen molar-refractivity contribution in [2.45, 2.75) is 8.17 Å². The molecule has 0 atom stereocenters. The number of benzene rings is 4. The van der Waals surface area contributed by atoms with Gasteiger partial charge in [0.15, 0.2) is 0 Å². The molecule has 1 fully saturated rings. The zero-order chi connectivity index (χ0) is 18.9. The van der Waals surface area contributed by atoms with E-state index in [1.54, 1.807) is 17.6 Å². The van der Waals surface area contributed by atoms with Crippen molar-refractivity contribution < 1.29 is 0 Å². The van der Waals surface area contributed by atoms with Crippen molar-refractivity contribution >= 4 is 44.1 Å². The predicted molar refractivity (Wildman–Crippen MR) is 125 cm³/mol. The molecule has 1 aliphatic rings. The minimum atomic E-state index is -2.36. The summed E-state index contributed by atoms with van der Waals surface area (Å²) in [6.07, 6.45) is 0. The second-order valence-electron chi connectivity index (χ2n) is 7.98. The second-order valence-corrected chi connectivity index (χ2v) is 31.1. The van der Waals surface area contributed by atoms with E-state index in [-0.39, 0.29) is 0 Å². The number of hydrogen-bond acceptors (Lipinski definition) is 0. The molecule has 4 aromatic rings. The Labute approximate surface area is 173 Å². The Balaban J connectivity index is 1.67. The van der Waals surface area contributed by atoms with Crippen LogP contribution in [-0.2, 0) is 0 Å². The molecule has 0 spiro atoms. The quantitative estimate of drug-likeness (QED) is 0.391. The van der Waals surface area contributed by atoms with Gasteiger partial charge >= 0.3 is 174 Å². The van der Waals surface area contributed by atoms with Crippen molar-refractivity contribution in [3.8, 4) is 0 Å². The first-order chi connectivity index (χ1) is 13.8. The van der Waals surface area contributed by atoms with Gasteiger partial charge in [-0.25, -0.2) is 0 Å². The topological polar surface area (TPSA) is 0 Å². The van der Waals surface area contributed by atoms with Gasteiger partial charge in [-0.3, -0.25) is 0 Å². The normalized spacial score (nSPS) is 16.9. The Hall–Kier alpha value is -2.03. The third-order valence-corrected chi connectivity index (χ3v) is 50.0. The molecule has 1 aliphatic heterocycles. The summed E-state index contributed by atoms with van der Waals surface area (Å²) in [4.78, 5) is 0. The zero-order valence-corrected chi connectivity index (χ0v) is 20.2. The van der Waals surface area contributed by atoms with Crippen LogP contribution in [0.25, 0.3) is 0 Å². The van der Waals surface area contributed by atoms with Crippen molar-refractivity contribution in [3.05, 3.63) is 121 Å². The molecule has 5 rings (SSSR count). The van der Waals surface area contributed by atoms with Crippen LogP contribution in [0.15, 0.2) is 121 Å². The van der Waals surface area contributed by atoms with E-state index in [1.165, 1.54) is 8.17 Å². The standard InChI is InChI=1S/C26H24Ge2/c1-5-13-23(14-6-1)27(24-15-7-2-8-16-24)21-28(22-27,25-17-9-3-10-18-25)26-19-11-4-12-20-26/h1-20H,21-22H2. The maximum atomic E-state index is 2.41. The minimum absolute atomic E-state index is 1.46. The van der Waals surface area contributed by atoms with Crippen molar-refractivity contribution in [2.75, 3.05) is 0 Å². The van der Waals surface area contributed by atoms with Gasteiger partial charge in [0.1, 0.15) is 0 Å². The fourth-order valence-electron chi connectivity index (χ4n) is 5.16. The Morgan fingerprint density at radius 1 is 0.321 bits per heavy atom. The SMILES string of the molecule is c1cc[c]([Ge]2([c]3ccccc3)[CH2][Ge]([c]3ccccc3)([c]3ccccc3)[CH2]2)cc1. The first-order valence-corrected chi connectivity index (χ1v) is 20.2. The van der Waals surface area contributed by atoms with E-state index in [9.17, 15) is 0 Å².